The van der Waals surface area contributed by atoms with Crippen molar-refractivity contribution in [2.75, 3.05) is 30.9 Å². The second-order valence-electron chi connectivity index (χ2n) is 9.28. The molecule has 4 rings (SSSR count). The molecule has 1 saturated heterocycles. The molecule has 3 aromatic rings. The third-order valence-corrected chi connectivity index (χ3v) is 6.51. The van der Waals surface area contributed by atoms with E-state index in [1.807, 2.05) is 0 Å². The fourth-order valence-electron chi connectivity index (χ4n) is 4.46. The largest absolute Gasteiger partial charge is 0.481 e. The molecular weight excluding hydrogens is 556 g/mol. The Hall–Kier alpha value is -3.91. The quantitative estimate of drug-likeness (QED) is 0.274. The van der Waals surface area contributed by atoms with Crippen molar-refractivity contribution >= 4 is 17.4 Å². The van der Waals surface area contributed by atoms with Gasteiger partial charge in [0.1, 0.15) is 5.82 Å². The standard InChI is InChI=1S/C27H27F6N5O3/c1-40-22-13-17(9-12-35-22)15-37-23-21(8-4-11-36-23)24(39)38-19-6-2-5-18(14-19)25(26(28,29)30,27(31,32)33)41-16-20-7-3-10-34-20/h2,4-6,8-9,11-14,20,34H,3,7,10,15-16H2,1H3,(H,36,37)(H,38,39). The van der Waals surface area contributed by atoms with E-state index in [1.54, 1.807) is 12.1 Å². The molecule has 0 aliphatic carbocycles. The number of pyridine rings is 2. The van der Waals surface area contributed by atoms with Gasteiger partial charge in [-0.3, -0.25) is 4.79 Å². The minimum absolute atomic E-state index is 0.0142. The molecule has 1 unspecified atom stereocenters. The minimum atomic E-state index is -5.84. The summed E-state index contributed by atoms with van der Waals surface area (Å²) in [4.78, 5) is 21.2. The fourth-order valence-corrected chi connectivity index (χ4v) is 4.46. The van der Waals surface area contributed by atoms with Gasteiger partial charge in [0.25, 0.3) is 11.5 Å². The molecule has 0 saturated carbocycles. The number of nitrogens with one attached hydrogen (secondary N) is 3. The number of carbonyl (C=O) groups is 1. The maximum Gasteiger partial charge on any atom is 0.430 e. The number of ether oxygens (including phenoxy) is 2. The molecule has 14 heteroatoms. The molecule has 220 valence electrons. The topological polar surface area (TPSA) is 97.4 Å². The van der Waals surface area contributed by atoms with Crippen LogP contribution in [0, 0.1) is 0 Å². The van der Waals surface area contributed by atoms with Crippen molar-refractivity contribution in [2.45, 2.75) is 43.4 Å². The number of alkyl halides is 6. The third-order valence-electron chi connectivity index (χ3n) is 6.51. The number of methoxy groups -OCH3 is 1. The van der Waals surface area contributed by atoms with Gasteiger partial charge in [0, 0.05) is 42.3 Å². The van der Waals surface area contributed by atoms with E-state index < -0.39 is 42.1 Å². The Bertz CT molecular complexity index is 1330. The first-order valence-corrected chi connectivity index (χ1v) is 12.5. The number of carbonyl (C=O) groups excluding carboxylic acids is 1. The highest BCUT2D eigenvalue weighted by Crippen LogP contribution is 2.53. The molecule has 1 aliphatic rings. The Morgan fingerprint density at radius 2 is 1.80 bits per heavy atom. The van der Waals surface area contributed by atoms with E-state index in [9.17, 15) is 31.1 Å². The Morgan fingerprint density at radius 3 is 2.49 bits per heavy atom. The van der Waals surface area contributed by atoms with Gasteiger partial charge in [0.2, 0.25) is 5.88 Å². The number of nitrogens with zero attached hydrogens (tertiary/aromatic N) is 2. The summed E-state index contributed by atoms with van der Waals surface area (Å²) in [6, 6.07) is 9.09. The van der Waals surface area contributed by atoms with Gasteiger partial charge in [-0.25, -0.2) is 9.97 Å². The van der Waals surface area contributed by atoms with E-state index in [2.05, 4.69) is 25.9 Å². The first kappa shape index (κ1) is 30.1. The monoisotopic (exact) mass is 583 g/mol. The molecule has 0 spiro atoms. The lowest BCUT2D eigenvalue weighted by molar-refractivity contribution is -0.390. The number of anilines is 2. The average molecular weight is 584 g/mol. The van der Waals surface area contributed by atoms with Crippen molar-refractivity contribution in [3.05, 3.63) is 77.6 Å². The molecular formula is C27H27F6N5O3. The summed E-state index contributed by atoms with van der Waals surface area (Å²) in [7, 11) is 1.46. The molecule has 2 aromatic heterocycles. The predicted molar refractivity (Wildman–Crippen MR) is 138 cm³/mol. The number of amides is 1. The smallest absolute Gasteiger partial charge is 0.430 e. The summed E-state index contributed by atoms with van der Waals surface area (Å²) >= 11 is 0. The van der Waals surface area contributed by atoms with Gasteiger partial charge in [0.15, 0.2) is 0 Å². The molecule has 0 radical (unpaired) electrons. The van der Waals surface area contributed by atoms with E-state index in [4.69, 9.17) is 9.47 Å². The highest BCUT2D eigenvalue weighted by Gasteiger charge is 2.73. The van der Waals surface area contributed by atoms with Gasteiger partial charge in [-0.2, -0.15) is 26.3 Å². The SMILES string of the molecule is COc1cc(CNc2ncccc2C(=O)Nc2cccc(C(OCC3CCCN3)(C(F)(F)F)C(F)(F)F)c2)ccn1. The van der Waals surface area contributed by atoms with E-state index in [1.165, 1.54) is 37.7 Å². The van der Waals surface area contributed by atoms with Crippen molar-refractivity contribution in [1.82, 2.24) is 15.3 Å². The maximum absolute atomic E-state index is 14.2. The van der Waals surface area contributed by atoms with Crippen LogP contribution in [0.15, 0.2) is 60.9 Å². The second kappa shape index (κ2) is 12.3. The van der Waals surface area contributed by atoms with Crippen LogP contribution < -0.4 is 20.7 Å². The first-order chi connectivity index (χ1) is 19.4. The summed E-state index contributed by atoms with van der Waals surface area (Å²) in [5.41, 5.74) is -5.33. The summed E-state index contributed by atoms with van der Waals surface area (Å²) in [6.07, 6.45) is -7.74. The van der Waals surface area contributed by atoms with Crippen LogP contribution in [0.3, 0.4) is 0 Å². The molecule has 1 amide bonds. The Kier molecular flexibility index (Phi) is 9.02. The van der Waals surface area contributed by atoms with Gasteiger partial charge in [0.05, 0.1) is 19.3 Å². The lowest BCUT2D eigenvalue weighted by atomic mass is 9.91. The Balaban J connectivity index is 1.58. The van der Waals surface area contributed by atoms with Crippen LogP contribution in [0.1, 0.15) is 34.3 Å². The highest BCUT2D eigenvalue weighted by atomic mass is 19.4. The minimum Gasteiger partial charge on any atom is -0.481 e. The number of hydrogen-bond donors (Lipinski definition) is 3. The normalized spacial score (nSPS) is 15.9. The van der Waals surface area contributed by atoms with Crippen molar-refractivity contribution in [1.29, 1.82) is 0 Å². The summed E-state index contributed by atoms with van der Waals surface area (Å²) in [5, 5.41) is 8.20. The number of rotatable bonds is 10. The van der Waals surface area contributed by atoms with Crippen LogP contribution in [-0.4, -0.2) is 54.5 Å². The van der Waals surface area contributed by atoms with E-state index in [0.717, 1.165) is 11.6 Å². The van der Waals surface area contributed by atoms with Gasteiger partial charge in [-0.05, 0) is 55.3 Å². The molecule has 41 heavy (non-hydrogen) atoms. The highest BCUT2D eigenvalue weighted by molar-refractivity contribution is 6.07. The molecule has 1 aromatic carbocycles. The second-order valence-corrected chi connectivity index (χ2v) is 9.28. The van der Waals surface area contributed by atoms with Crippen LogP contribution in [0.4, 0.5) is 37.8 Å². The van der Waals surface area contributed by atoms with Crippen LogP contribution in [0.2, 0.25) is 0 Å². The van der Waals surface area contributed by atoms with Crippen LogP contribution in [0.5, 0.6) is 5.88 Å². The molecule has 3 N–H and O–H groups in total. The van der Waals surface area contributed by atoms with Crippen molar-refractivity contribution < 1.29 is 40.6 Å². The maximum atomic E-state index is 14.2. The number of aromatic nitrogens is 2. The number of halogens is 6. The average Bonchev–Trinajstić information content (AvgIpc) is 3.45. The van der Waals surface area contributed by atoms with Gasteiger partial charge < -0.3 is 25.4 Å². The lowest BCUT2D eigenvalue weighted by Gasteiger charge is -2.38. The van der Waals surface area contributed by atoms with Crippen molar-refractivity contribution in [3.8, 4) is 5.88 Å². The van der Waals surface area contributed by atoms with Gasteiger partial charge >= 0.3 is 12.4 Å². The zero-order chi connectivity index (χ0) is 29.7. The number of benzene rings is 1. The Morgan fingerprint density at radius 1 is 1.02 bits per heavy atom. The van der Waals surface area contributed by atoms with Crippen molar-refractivity contribution in [2.24, 2.45) is 0 Å². The zero-order valence-electron chi connectivity index (χ0n) is 21.8. The van der Waals surface area contributed by atoms with Gasteiger partial charge in [-0.15, -0.1) is 0 Å². The fraction of sp³-hybridized carbons (Fsp3) is 0.370. The molecule has 1 aliphatic heterocycles. The third kappa shape index (κ3) is 6.70. The lowest BCUT2D eigenvalue weighted by Crippen LogP contribution is -2.57. The summed E-state index contributed by atoms with van der Waals surface area (Å²) in [6.45, 7) is -0.106. The van der Waals surface area contributed by atoms with E-state index in [-0.39, 0.29) is 23.6 Å². The van der Waals surface area contributed by atoms with Gasteiger partial charge in [-0.1, -0.05) is 12.1 Å². The van der Waals surface area contributed by atoms with Crippen LogP contribution in [0.25, 0.3) is 0 Å². The molecule has 3 heterocycles. The predicted octanol–water partition coefficient (Wildman–Crippen LogP) is 5.44. The first-order valence-electron chi connectivity index (χ1n) is 12.5. The zero-order valence-corrected chi connectivity index (χ0v) is 21.8. The summed E-state index contributed by atoms with van der Waals surface area (Å²) in [5.74, 6) is -0.282. The van der Waals surface area contributed by atoms with Crippen LogP contribution >= 0.6 is 0 Å². The van der Waals surface area contributed by atoms with Crippen molar-refractivity contribution in [3.63, 3.8) is 0 Å². The molecule has 1 atom stereocenters. The Labute approximate surface area is 231 Å². The van der Waals surface area contributed by atoms with Crippen LogP contribution in [-0.2, 0) is 16.9 Å². The van der Waals surface area contributed by atoms with E-state index in [0.29, 0.717) is 37.4 Å². The molecule has 1 fully saturated rings. The number of hydrogen-bond acceptors (Lipinski definition) is 7. The molecule has 0 bridgehead atoms. The summed E-state index contributed by atoms with van der Waals surface area (Å²) < 4.78 is 95.2. The van der Waals surface area contributed by atoms with E-state index >= 15 is 0 Å². The molecule has 8 nitrogen and oxygen atoms in total.